The Hall–Kier alpha value is 0.0700. The predicted molar refractivity (Wildman–Crippen MR) is 36.1 cm³/mol. The maximum absolute atomic E-state index is 10.0. The third kappa shape index (κ3) is 2.43. The lowest BCUT2D eigenvalue weighted by Gasteiger charge is -2.24. The van der Waals surface area contributed by atoms with Crippen LogP contribution in [0.3, 0.4) is 0 Å². The van der Waals surface area contributed by atoms with E-state index in [2.05, 4.69) is 4.72 Å². The summed E-state index contributed by atoms with van der Waals surface area (Å²) in [5.41, 5.74) is 0. The van der Waals surface area contributed by atoms with Crippen molar-refractivity contribution in [2.24, 2.45) is 5.92 Å². The Morgan fingerprint density at radius 2 is 2.33 bits per heavy atom. The first-order chi connectivity index (χ1) is 4.29. The minimum atomic E-state index is -1.80. The maximum Gasteiger partial charge on any atom is 0.231 e. The molecule has 1 saturated carbocycles. The molecule has 0 spiro atoms. The molecule has 1 aliphatic carbocycles. The summed E-state index contributed by atoms with van der Waals surface area (Å²) >= 11 is -1.80. The second-order valence-corrected chi connectivity index (χ2v) is 3.18. The van der Waals surface area contributed by atoms with Crippen molar-refractivity contribution < 1.29 is 8.76 Å². The van der Waals surface area contributed by atoms with Crippen LogP contribution in [0.4, 0.5) is 0 Å². The molecule has 1 aliphatic rings. The summed E-state index contributed by atoms with van der Waals surface area (Å²) in [7, 11) is 0. The van der Waals surface area contributed by atoms with Crippen molar-refractivity contribution in [1.29, 1.82) is 0 Å². The monoisotopic (exact) mass is 149 g/mol. The van der Waals surface area contributed by atoms with Crippen molar-refractivity contribution in [3.05, 3.63) is 0 Å². The molecular weight excluding hydrogens is 138 g/mol. The van der Waals surface area contributed by atoms with Gasteiger partial charge in [-0.1, -0.05) is 6.42 Å². The highest BCUT2D eigenvalue weighted by molar-refractivity contribution is 7.77. The van der Waals surface area contributed by atoms with Crippen molar-refractivity contribution in [1.82, 2.24) is 4.72 Å². The van der Waals surface area contributed by atoms with E-state index < -0.39 is 11.3 Å². The third-order valence-corrected chi connectivity index (χ3v) is 2.13. The van der Waals surface area contributed by atoms with Gasteiger partial charge in [0.2, 0.25) is 11.3 Å². The molecule has 1 fully saturated rings. The van der Waals surface area contributed by atoms with Crippen molar-refractivity contribution in [2.45, 2.75) is 19.3 Å². The molecule has 0 bridgehead atoms. The van der Waals surface area contributed by atoms with Gasteiger partial charge in [0.1, 0.15) is 0 Å². The Morgan fingerprint density at radius 1 is 1.67 bits per heavy atom. The highest BCUT2D eigenvalue weighted by atomic mass is 32.2. The normalized spacial score (nSPS) is 23.2. The molecule has 4 heteroatoms. The molecule has 3 nitrogen and oxygen atoms in total. The zero-order valence-corrected chi connectivity index (χ0v) is 5.99. The summed E-state index contributed by atoms with van der Waals surface area (Å²) < 4.78 is 20.8. The predicted octanol–water partition coefficient (Wildman–Crippen LogP) is 0.513. The first kappa shape index (κ1) is 7.18. The van der Waals surface area contributed by atoms with E-state index >= 15 is 0 Å². The van der Waals surface area contributed by atoms with E-state index in [-0.39, 0.29) is 0 Å². The van der Waals surface area contributed by atoms with Crippen LogP contribution in [0.25, 0.3) is 0 Å². The van der Waals surface area contributed by atoms with Crippen LogP contribution < -0.4 is 4.72 Å². The average Bonchev–Trinajstić information content (AvgIpc) is 1.60. The highest BCUT2D eigenvalue weighted by Crippen LogP contribution is 2.24. The van der Waals surface area contributed by atoms with Crippen LogP contribution in [-0.4, -0.2) is 15.3 Å². The van der Waals surface area contributed by atoms with Gasteiger partial charge in [0, 0.05) is 6.54 Å². The van der Waals surface area contributed by atoms with Gasteiger partial charge in [0.25, 0.3) is 0 Å². The van der Waals surface area contributed by atoms with Gasteiger partial charge in [-0.2, -0.15) is 0 Å². The molecule has 9 heavy (non-hydrogen) atoms. The van der Waals surface area contributed by atoms with E-state index in [9.17, 15) is 4.21 Å². The van der Waals surface area contributed by atoms with Gasteiger partial charge in [-0.15, -0.1) is 0 Å². The van der Waals surface area contributed by atoms with Gasteiger partial charge in [-0.3, -0.25) is 4.55 Å². The molecule has 0 aromatic heterocycles. The summed E-state index contributed by atoms with van der Waals surface area (Å²) in [6, 6.07) is 0. The topological polar surface area (TPSA) is 49.3 Å². The summed E-state index contributed by atoms with van der Waals surface area (Å²) in [6.07, 6.45) is 3.71. The van der Waals surface area contributed by atoms with E-state index in [4.69, 9.17) is 4.55 Å². The highest BCUT2D eigenvalue weighted by Gasteiger charge is 2.16. The second-order valence-electron chi connectivity index (χ2n) is 2.39. The Kier molecular flexibility index (Phi) is 2.63. The summed E-state index contributed by atoms with van der Waals surface area (Å²) in [5.74, 6) is 0.654. The number of hydrogen-bond acceptors (Lipinski definition) is 1. The van der Waals surface area contributed by atoms with Gasteiger partial charge in [0.05, 0.1) is 0 Å². The fraction of sp³-hybridized carbons (Fsp3) is 1.00. The van der Waals surface area contributed by atoms with Gasteiger partial charge >= 0.3 is 0 Å². The van der Waals surface area contributed by atoms with Crippen LogP contribution in [0.5, 0.6) is 0 Å². The first-order valence-electron chi connectivity index (χ1n) is 3.13. The largest absolute Gasteiger partial charge is 0.294 e. The zero-order chi connectivity index (χ0) is 6.69. The summed E-state index contributed by atoms with van der Waals surface area (Å²) in [4.78, 5) is 0. The van der Waals surface area contributed by atoms with Crippen LogP contribution in [0.1, 0.15) is 19.3 Å². The van der Waals surface area contributed by atoms with Crippen LogP contribution in [0, 0.1) is 5.92 Å². The van der Waals surface area contributed by atoms with Crippen molar-refractivity contribution in [2.75, 3.05) is 6.54 Å². The molecule has 1 atom stereocenters. The lowest BCUT2D eigenvalue weighted by molar-refractivity contribution is 0.315. The molecule has 1 unspecified atom stereocenters. The molecular formula is C5H11NO2S. The van der Waals surface area contributed by atoms with Crippen LogP contribution >= 0.6 is 0 Å². The van der Waals surface area contributed by atoms with Gasteiger partial charge in [-0.05, 0) is 18.8 Å². The maximum atomic E-state index is 10.0. The Balaban J connectivity index is 1.97. The molecule has 0 aromatic rings. The average molecular weight is 149 g/mol. The van der Waals surface area contributed by atoms with Gasteiger partial charge < -0.3 is 0 Å². The minimum Gasteiger partial charge on any atom is -0.294 e. The molecule has 0 heterocycles. The Labute approximate surface area is 57.3 Å². The molecule has 0 aliphatic heterocycles. The van der Waals surface area contributed by atoms with Crippen LogP contribution in [0.15, 0.2) is 0 Å². The summed E-state index contributed by atoms with van der Waals surface area (Å²) in [6.45, 7) is 0.698. The van der Waals surface area contributed by atoms with E-state index in [1.54, 1.807) is 0 Å². The molecule has 0 saturated heterocycles. The standard InChI is InChI=1S/C5H11NO2S/c7-9(8)6-4-5-2-1-3-5/h5-6H,1-4H2,(H,7,8). The summed E-state index contributed by atoms with van der Waals surface area (Å²) in [5, 5.41) is 0. The zero-order valence-electron chi connectivity index (χ0n) is 5.17. The third-order valence-electron chi connectivity index (χ3n) is 1.72. The van der Waals surface area contributed by atoms with Crippen LogP contribution in [0.2, 0.25) is 0 Å². The number of rotatable bonds is 3. The van der Waals surface area contributed by atoms with E-state index in [0.29, 0.717) is 12.5 Å². The molecule has 54 valence electrons. The van der Waals surface area contributed by atoms with Crippen molar-refractivity contribution >= 4 is 11.3 Å². The smallest absolute Gasteiger partial charge is 0.231 e. The van der Waals surface area contributed by atoms with Gasteiger partial charge in [-0.25, -0.2) is 8.93 Å². The van der Waals surface area contributed by atoms with Crippen molar-refractivity contribution in [3.8, 4) is 0 Å². The lowest BCUT2D eigenvalue weighted by Crippen LogP contribution is -2.28. The minimum absolute atomic E-state index is 0.654. The number of hydrogen-bond donors (Lipinski definition) is 2. The fourth-order valence-electron chi connectivity index (χ4n) is 0.886. The van der Waals surface area contributed by atoms with Crippen molar-refractivity contribution in [3.63, 3.8) is 0 Å². The number of nitrogens with one attached hydrogen (secondary N) is 1. The fourth-order valence-corrected chi connectivity index (χ4v) is 1.26. The molecule has 0 aromatic carbocycles. The van der Waals surface area contributed by atoms with E-state index in [1.807, 2.05) is 0 Å². The Morgan fingerprint density at radius 3 is 2.67 bits per heavy atom. The molecule has 0 radical (unpaired) electrons. The molecule has 0 amide bonds. The van der Waals surface area contributed by atoms with Gasteiger partial charge in [0.15, 0.2) is 0 Å². The Bertz CT molecular complexity index is 114. The SMILES string of the molecule is O=S(O)NCC1CCC1. The van der Waals surface area contributed by atoms with Crippen LogP contribution in [-0.2, 0) is 11.3 Å². The quantitative estimate of drug-likeness (QED) is 0.574. The first-order valence-corrected chi connectivity index (χ1v) is 4.24. The molecule has 2 N–H and O–H groups in total. The van der Waals surface area contributed by atoms with E-state index in [0.717, 1.165) is 0 Å². The van der Waals surface area contributed by atoms with E-state index in [1.165, 1.54) is 19.3 Å². The second kappa shape index (κ2) is 3.29. The molecule has 1 rings (SSSR count). The lowest BCUT2D eigenvalue weighted by atomic mass is 9.86.